The first-order chi connectivity index (χ1) is 6.09. The van der Waals surface area contributed by atoms with E-state index in [1.54, 1.807) is 30.3 Å². The van der Waals surface area contributed by atoms with E-state index in [0.29, 0.717) is 11.1 Å². The van der Waals surface area contributed by atoms with Gasteiger partial charge in [-0.3, -0.25) is 0 Å². The van der Waals surface area contributed by atoms with E-state index in [0.717, 1.165) is 0 Å². The Hall–Kier alpha value is -1.32. The second kappa shape index (κ2) is 2.58. The average molecular weight is 178 g/mol. The SMILES string of the molecule is OC1=Cc2ccccc2C(O)(O)C1. The molecule has 0 atom stereocenters. The summed E-state index contributed by atoms with van der Waals surface area (Å²) in [4.78, 5) is 0. The van der Waals surface area contributed by atoms with Crippen LogP contribution in [-0.2, 0) is 5.79 Å². The maximum Gasteiger partial charge on any atom is 0.197 e. The van der Waals surface area contributed by atoms with Gasteiger partial charge in [-0.05, 0) is 11.6 Å². The highest BCUT2D eigenvalue weighted by Crippen LogP contribution is 2.33. The Bertz CT molecular complexity index is 366. The van der Waals surface area contributed by atoms with E-state index >= 15 is 0 Å². The minimum atomic E-state index is -1.94. The van der Waals surface area contributed by atoms with Crippen LogP contribution in [0.1, 0.15) is 17.5 Å². The second-order valence-corrected chi connectivity index (χ2v) is 3.22. The van der Waals surface area contributed by atoms with Gasteiger partial charge < -0.3 is 15.3 Å². The minimum Gasteiger partial charge on any atom is -0.512 e. The zero-order valence-electron chi connectivity index (χ0n) is 6.94. The van der Waals surface area contributed by atoms with Gasteiger partial charge in [0.05, 0.1) is 12.2 Å². The highest BCUT2D eigenvalue weighted by Gasteiger charge is 2.32. The number of fused-ring (bicyclic) bond motifs is 1. The largest absolute Gasteiger partial charge is 0.512 e. The summed E-state index contributed by atoms with van der Waals surface area (Å²) in [6.45, 7) is 0. The zero-order valence-corrected chi connectivity index (χ0v) is 6.94. The van der Waals surface area contributed by atoms with E-state index in [4.69, 9.17) is 0 Å². The number of hydrogen-bond acceptors (Lipinski definition) is 3. The summed E-state index contributed by atoms with van der Waals surface area (Å²) in [5.74, 6) is -1.95. The normalized spacial score (nSPS) is 19.1. The lowest BCUT2D eigenvalue weighted by Gasteiger charge is -2.27. The molecule has 68 valence electrons. The Morgan fingerprint density at radius 3 is 2.62 bits per heavy atom. The molecule has 1 aliphatic rings. The summed E-state index contributed by atoms with van der Waals surface area (Å²) in [5.41, 5.74) is 1.09. The van der Waals surface area contributed by atoms with Crippen molar-refractivity contribution in [1.82, 2.24) is 0 Å². The lowest BCUT2D eigenvalue weighted by Crippen LogP contribution is -2.28. The van der Waals surface area contributed by atoms with Crippen molar-refractivity contribution in [1.29, 1.82) is 0 Å². The van der Waals surface area contributed by atoms with E-state index in [-0.39, 0.29) is 12.2 Å². The topological polar surface area (TPSA) is 60.7 Å². The third kappa shape index (κ3) is 1.32. The van der Waals surface area contributed by atoms with Crippen LogP contribution in [0.25, 0.3) is 6.08 Å². The summed E-state index contributed by atoms with van der Waals surface area (Å²) in [6, 6.07) is 6.88. The third-order valence-corrected chi connectivity index (χ3v) is 2.14. The van der Waals surface area contributed by atoms with E-state index in [1.165, 1.54) is 0 Å². The lowest BCUT2D eigenvalue weighted by molar-refractivity contribution is -0.173. The fraction of sp³-hybridized carbons (Fsp3) is 0.200. The molecule has 0 aromatic heterocycles. The van der Waals surface area contributed by atoms with Gasteiger partial charge in [0.1, 0.15) is 0 Å². The number of benzene rings is 1. The van der Waals surface area contributed by atoms with E-state index in [1.807, 2.05) is 0 Å². The van der Waals surface area contributed by atoms with E-state index in [9.17, 15) is 15.3 Å². The Labute approximate surface area is 75.6 Å². The van der Waals surface area contributed by atoms with Crippen molar-refractivity contribution in [2.45, 2.75) is 12.2 Å². The molecule has 0 heterocycles. The number of rotatable bonds is 0. The maximum absolute atomic E-state index is 9.55. The Kier molecular flexibility index (Phi) is 1.65. The quantitative estimate of drug-likeness (QED) is 0.522. The molecule has 1 aromatic carbocycles. The lowest BCUT2D eigenvalue weighted by atomic mass is 9.91. The molecule has 3 nitrogen and oxygen atoms in total. The smallest absolute Gasteiger partial charge is 0.197 e. The fourth-order valence-corrected chi connectivity index (χ4v) is 1.57. The first-order valence-corrected chi connectivity index (χ1v) is 4.03. The summed E-state index contributed by atoms with van der Waals surface area (Å²) in [5, 5.41) is 28.3. The first-order valence-electron chi connectivity index (χ1n) is 4.03. The predicted octanol–water partition coefficient (Wildman–Crippen LogP) is 1.13. The Morgan fingerprint density at radius 1 is 1.15 bits per heavy atom. The molecule has 3 heteroatoms. The number of aliphatic hydroxyl groups excluding tert-OH is 1. The van der Waals surface area contributed by atoms with Gasteiger partial charge in [0.15, 0.2) is 5.79 Å². The zero-order chi connectivity index (χ0) is 9.47. The standard InChI is InChI=1S/C10H10O3/c11-8-5-7-3-1-2-4-9(7)10(12,13)6-8/h1-5,11-13H,6H2. The number of hydrogen-bond donors (Lipinski definition) is 3. The van der Waals surface area contributed by atoms with E-state index < -0.39 is 5.79 Å². The highest BCUT2D eigenvalue weighted by atomic mass is 16.5. The van der Waals surface area contributed by atoms with Crippen molar-refractivity contribution >= 4 is 6.08 Å². The van der Waals surface area contributed by atoms with Gasteiger partial charge in [-0.1, -0.05) is 24.3 Å². The van der Waals surface area contributed by atoms with E-state index in [2.05, 4.69) is 0 Å². The average Bonchev–Trinajstić information content (AvgIpc) is 2.02. The van der Waals surface area contributed by atoms with Crippen LogP contribution in [0.3, 0.4) is 0 Å². The molecule has 0 fully saturated rings. The molecular weight excluding hydrogens is 168 g/mol. The van der Waals surface area contributed by atoms with Crippen molar-refractivity contribution in [2.75, 3.05) is 0 Å². The third-order valence-electron chi connectivity index (χ3n) is 2.14. The Morgan fingerprint density at radius 2 is 1.85 bits per heavy atom. The van der Waals surface area contributed by atoms with Crippen LogP contribution in [-0.4, -0.2) is 15.3 Å². The van der Waals surface area contributed by atoms with Crippen molar-refractivity contribution in [3.63, 3.8) is 0 Å². The molecule has 0 aliphatic heterocycles. The minimum absolute atomic E-state index is 0.0105. The van der Waals surface area contributed by atoms with Crippen molar-refractivity contribution in [2.24, 2.45) is 0 Å². The van der Waals surface area contributed by atoms with Gasteiger partial charge in [-0.25, -0.2) is 0 Å². The molecule has 0 saturated carbocycles. The summed E-state index contributed by atoms with van der Waals surface area (Å²) in [7, 11) is 0. The van der Waals surface area contributed by atoms with Gasteiger partial charge in [0, 0.05) is 5.56 Å². The van der Waals surface area contributed by atoms with Gasteiger partial charge in [0.2, 0.25) is 0 Å². The Balaban J connectivity index is 2.62. The van der Waals surface area contributed by atoms with Crippen LogP contribution < -0.4 is 0 Å². The second-order valence-electron chi connectivity index (χ2n) is 3.22. The summed E-state index contributed by atoms with van der Waals surface area (Å²) >= 11 is 0. The monoisotopic (exact) mass is 178 g/mol. The summed E-state index contributed by atoms with van der Waals surface area (Å²) in [6.07, 6.45) is 1.39. The van der Waals surface area contributed by atoms with Crippen LogP contribution >= 0.6 is 0 Å². The van der Waals surface area contributed by atoms with Crippen LogP contribution in [0.5, 0.6) is 0 Å². The van der Waals surface area contributed by atoms with Crippen LogP contribution in [0, 0.1) is 0 Å². The molecule has 1 aliphatic carbocycles. The van der Waals surface area contributed by atoms with Gasteiger partial charge in [-0.2, -0.15) is 0 Å². The molecule has 0 saturated heterocycles. The van der Waals surface area contributed by atoms with Crippen molar-refractivity contribution < 1.29 is 15.3 Å². The molecule has 0 radical (unpaired) electrons. The van der Waals surface area contributed by atoms with Crippen LogP contribution in [0.4, 0.5) is 0 Å². The molecule has 13 heavy (non-hydrogen) atoms. The van der Waals surface area contributed by atoms with Gasteiger partial charge >= 0.3 is 0 Å². The number of aliphatic hydroxyl groups is 3. The molecule has 0 unspecified atom stereocenters. The molecule has 2 rings (SSSR count). The van der Waals surface area contributed by atoms with Crippen LogP contribution in [0.15, 0.2) is 30.0 Å². The van der Waals surface area contributed by atoms with Gasteiger partial charge in [0.25, 0.3) is 0 Å². The molecule has 1 aromatic rings. The maximum atomic E-state index is 9.55. The molecule has 3 N–H and O–H groups in total. The molecule has 0 spiro atoms. The first kappa shape index (κ1) is 8.29. The summed E-state index contributed by atoms with van der Waals surface area (Å²) < 4.78 is 0. The molecule has 0 bridgehead atoms. The van der Waals surface area contributed by atoms with Crippen LogP contribution in [0.2, 0.25) is 0 Å². The predicted molar refractivity (Wildman–Crippen MR) is 47.8 cm³/mol. The van der Waals surface area contributed by atoms with Gasteiger partial charge in [-0.15, -0.1) is 0 Å². The van der Waals surface area contributed by atoms with Crippen molar-refractivity contribution in [3.8, 4) is 0 Å². The fourth-order valence-electron chi connectivity index (χ4n) is 1.57. The molecule has 0 amide bonds. The van der Waals surface area contributed by atoms with Crippen molar-refractivity contribution in [3.05, 3.63) is 41.2 Å². The highest BCUT2D eigenvalue weighted by molar-refractivity contribution is 5.59. The molecular formula is C10H10O3.